The summed E-state index contributed by atoms with van der Waals surface area (Å²) in [6.45, 7) is 0. The number of nitrogens with one attached hydrogen (secondary N) is 1. The molecule has 0 spiro atoms. The van der Waals surface area contributed by atoms with E-state index in [1.165, 1.54) is 0 Å². The van der Waals surface area contributed by atoms with Crippen molar-refractivity contribution in [3.8, 4) is 11.5 Å². The van der Waals surface area contributed by atoms with Crippen LogP contribution in [0.3, 0.4) is 0 Å². The maximum absolute atomic E-state index is 9.22. The van der Waals surface area contributed by atoms with Crippen LogP contribution in [-0.2, 0) is 0 Å². The van der Waals surface area contributed by atoms with Gasteiger partial charge >= 0.3 is 0 Å². The Morgan fingerprint density at radius 3 is 2.62 bits per heavy atom. The van der Waals surface area contributed by atoms with Crippen LogP contribution < -0.4 is 5.36 Å². The van der Waals surface area contributed by atoms with Gasteiger partial charge in [0.2, 0.25) is 0 Å². The van der Waals surface area contributed by atoms with Crippen LogP contribution in [0.4, 0.5) is 0 Å². The van der Waals surface area contributed by atoms with Crippen LogP contribution in [0, 0.1) is 0 Å². The molecule has 0 saturated carbocycles. The molecule has 0 unspecified atom stereocenters. The first kappa shape index (κ1) is 11.8. The van der Waals surface area contributed by atoms with Gasteiger partial charge in [0.1, 0.15) is 10.9 Å². The zero-order valence-corrected chi connectivity index (χ0v) is 11.1. The Balaban J connectivity index is 2.02. The Labute approximate surface area is 120 Å². The summed E-state index contributed by atoms with van der Waals surface area (Å²) in [6.07, 6.45) is 0. The second-order valence-corrected chi connectivity index (χ2v) is 4.86. The summed E-state index contributed by atoms with van der Waals surface area (Å²) < 4.78 is 5.92. The molecule has 0 fully saturated rings. The second-order valence-electron chi connectivity index (χ2n) is 4.86. The van der Waals surface area contributed by atoms with E-state index in [2.05, 4.69) is 10.1 Å². The number of nitrogens with zero attached hydrogens (tertiary/aromatic N) is 1. The lowest BCUT2D eigenvalue weighted by atomic mass is 10.2. The van der Waals surface area contributed by atoms with Gasteiger partial charge in [-0.05, 0) is 24.3 Å². The Bertz CT molecular complexity index is 979. The second kappa shape index (κ2) is 4.52. The van der Waals surface area contributed by atoms with Gasteiger partial charge < -0.3 is 14.6 Å². The molecule has 4 rings (SSSR count). The molecule has 0 amide bonds. The van der Waals surface area contributed by atoms with Crippen molar-refractivity contribution in [2.75, 3.05) is 0 Å². The Morgan fingerprint density at radius 2 is 1.76 bits per heavy atom. The summed E-state index contributed by atoms with van der Waals surface area (Å²) >= 11 is 0. The number of fused-ring (bicyclic) bond motifs is 2. The van der Waals surface area contributed by atoms with E-state index in [4.69, 9.17) is 4.42 Å². The minimum absolute atomic E-state index is 0.491. The van der Waals surface area contributed by atoms with Crippen LogP contribution in [-0.4, -0.2) is 10.2 Å². The molecule has 0 bridgehead atoms. The zero-order chi connectivity index (χ0) is 14.2. The molecule has 2 aromatic carbocycles. The van der Waals surface area contributed by atoms with Gasteiger partial charge in [0, 0.05) is 22.4 Å². The van der Waals surface area contributed by atoms with Crippen molar-refractivity contribution in [2.45, 2.75) is 0 Å². The number of para-hydroxylation sites is 2. The van der Waals surface area contributed by atoms with E-state index in [-0.39, 0.29) is 0 Å². The van der Waals surface area contributed by atoms with Gasteiger partial charge in [-0.15, -0.1) is 0 Å². The molecule has 21 heavy (non-hydrogen) atoms. The number of H-pyrrole nitrogens is 1. The molecule has 0 aliphatic heterocycles. The van der Waals surface area contributed by atoms with Crippen molar-refractivity contribution in [3.63, 3.8) is 0 Å². The fourth-order valence-electron chi connectivity index (χ4n) is 2.54. The van der Waals surface area contributed by atoms with Crippen molar-refractivity contribution in [2.24, 2.45) is 5.16 Å². The number of aromatic amines is 1. The quantitative estimate of drug-likeness (QED) is 0.409. The van der Waals surface area contributed by atoms with Crippen molar-refractivity contribution >= 4 is 21.9 Å². The predicted molar refractivity (Wildman–Crippen MR) is 80.9 cm³/mol. The van der Waals surface area contributed by atoms with E-state index < -0.39 is 0 Å². The maximum atomic E-state index is 9.22. The highest BCUT2D eigenvalue weighted by atomic mass is 16.4. The first-order chi connectivity index (χ1) is 10.3. The summed E-state index contributed by atoms with van der Waals surface area (Å²) in [4.78, 5) is 3.31. The lowest BCUT2D eigenvalue weighted by Crippen LogP contribution is -2.03. The topological polar surface area (TPSA) is 61.5 Å². The maximum Gasteiger partial charge on any atom is 0.153 e. The van der Waals surface area contributed by atoms with Crippen LogP contribution in [0.25, 0.3) is 33.3 Å². The number of hydrogen-bond donors (Lipinski definition) is 2. The molecule has 102 valence electrons. The number of aromatic nitrogens is 1. The summed E-state index contributed by atoms with van der Waals surface area (Å²) in [5, 5.41) is 15.0. The van der Waals surface area contributed by atoms with Crippen LogP contribution >= 0.6 is 0 Å². The molecule has 4 nitrogen and oxygen atoms in total. The van der Waals surface area contributed by atoms with Gasteiger partial charge in [0.05, 0.1) is 5.69 Å². The Hall–Kier alpha value is -3.01. The summed E-state index contributed by atoms with van der Waals surface area (Å²) in [7, 11) is 0. The molecule has 2 heterocycles. The molecule has 0 saturated heterocycles. The van der Waals surface area contributed by atoms with Gasteiger partial charge in [-0.2, -0.15) is 0 Å². The van der Waals surface area contributed by atoms with Crippen molar-refractivity contribution < 1.29 is 9.62 Å². The molecule has 2 aromatic heterocycles. The van der Waals surface area contributed by atoms with E-state index in [0.717, 1.165) is 22.0 Å². The summed E-state index contributed by atoms with van der Waals surface area (Å²) in [6, 6.07) is 19.3. The van der Waals surface area contributed by atoms with Crippen molar-refractivity contribution in [1.29, 1.82) is 0 Å². The van der Waals surface area contributed by atoms with E-state index in [1.807, 2.05) is 54.6 Å². The van der Waals surface area contributed by atoms with Gasteiger partial charge in [-0.1, -0.05) is 35.5 Å². The van der Waals surface area contributed by atoms with Gasteiger partial charge in [0.25, 0.3) is 0 Å². The number of rotatable bonds is 1. The van der Waals surface area contributed by atoms with Gasteiger partial charge in [0.15, 0.2) is 5.76 Å². The third-order valence-corrected chi connectivity index (χ3v) is 3.55. The van der Waals surface area contributed by atoms with Crippen molar-refractivity contribution in [1.82, 2.24) is 4.98 Å². The molecule has 4 heteroatoms. The lowest BCUT2D eigenvalue weighted by Gasteiger charge is -2.01. The molecule has 4 aromatic rings. The lowest BCUT2D eigenvalue weighted by molar-refractivity contribution is 0.302. The summed E-state index contributed by atoms with van der Waals surface area (Å²) in [5.74, 6) is 0.637. The van der Waals surface area contributed by atoms with E-state index in [1.54, 1.807) is 6.07 Å². The van der Waals surface area contributed by atoms with E-state index >= 15 is 0 Å². The van der Waals surface area contributed by atoms with Crippen LogP contribution in [0.1, 0.15) is 0 Å². The van der Waals surface area contributed by atoms with Gasteiger partial charge in [-0.25, -0.2) is 0 Å². The smallest absolute Gasteiger partial charge is 0.153 e. The molecule has 0 radical (unpaired) electrons. The van der Waals surface area contributed by atoms with Crippen LogP contribution in [0.5, 0.6) is 0 Å². The largest absolute Gasteiger partial charge is 0.454 e. The standard InChI is InChI=1S/C17H12N2O2/c20-19-14-10-17(21-16-8-4-2-6-12(14)16)15-9-11-5-1-3-7-13(11)18-15/h1-10,18,20H/b19-14+. The fraction of sp³-hybridized carbons (Fsp3) is 0. The third kappa shape index (κ3) is 1.89. The molecule has 2 N–H and O–H groups in total. The molecule has 0 aliphatic rings. The monoisotopic (exact) mass is 276 g/mol. The van der Waals surface area contributed by atoms with Crippen LogP contribution in [0.15, 0.2) is 70.2 Å². The first-order valence-electron chi connectivity index (χ1n) is 6.64. The molecular weight excluding hydrogens is 264 g/mol. The number of benzene rings is 2. The fourth-order valence-corrected chi connectivity index (χ4v) is 2.54. The SMILES string of the molecule is O/N=c1\cc(-c2cc3ccccc3[nH]2)oc2ccccc12. The average Bonchev–Trinajstić information content (AvgIpc) is 2.98. The summed E-state index contributed by atoms with van der Waals surface area (Å²) in [5.41, 5.74) is 2.58. The van der Waals surface area contributed by atoms with Gasteiger partial charge in [-0.3, -0.25) is 0 Å². The minimum atomic E-state index is 0.491. The highest BCUT2D eigenvalue weighted by Gasteiger charge is 2.08. The minimum Gasteiger partial charge on any atom is -0.454 e. The van der Waals surface area contributed by atoms with Crippen LogP contribution in [0.2, 0.25) is 0 Å². The molecule has 0 aliphatic carbocycles. The highest BCUT2D eigenvalue weighted by Crippen LogP contribution is 2.25. The predicted octanol–water partition coefficient (Wildman–Crippen LogP) is 3.87. The number of hydrogen-bond acceptors (Lipinski definition) is 3. The highest BCUT2D eigenvalue weighted by molar-refractivity contribution is 5.86. The average molecular weight is 276 g/mol. The Morgan fingerprint density at radius 1 is 0.952 bits per heavy atom. The molecule has 0 atom stereocenters. The van der Waals surface area contributed by atoms with E-state index in [0.29, 0.717) is 16.7 Å². The van der Waals surface area contributed by atoms with E-state index in [9.17, 15) is 5.21 Å². The normalized spacial score (nSPS) is 12.3. The molecular formula is C17H12N2O2. The first-order valence-corrected chi connectivity index (χ1v) is 6.64. The third-order valence-electron chi connectivity index (χ3n) is 3.55. The van der Waals surface area contributed by atoms with Crippen molar-refractivity contribution in [3.05, 3.63) is 66.0 Å². The Kier molecular flexibility index (Phi) is 2.54. The zero-order valence-electron chi connectivity index (χ0n) is 11.1.